The monoisotopic (exact) mass is 202 g/mol. The van der Waals surface area contributed by atoms with E-state index < -0.39 is 0 Å². The fraction of sp³-hybridized carbons (Fsp3) is 0.600. The van der Waals surface area contributed by atoms with Crippen molar-refractivity contribution in [2.45, 2.75) is 53.9 Å². The van der Waals surface area contributed by atoms with Gasteiger partial charge in [-0.3, -0.25) is 0 Å². The van der Waals surface area contributed by atoms with Crippen LogP contribution in [0.4, 0.5) is 0 Å². The minimum Gasteiger partial charge on any atom is -0.0648 e. The van der Waals surface area contributed by atoms with Crippen molar-refractivity contribution in [3.8, 4) is 0 Å². The molecule has 0 saturated carbocycles. The Labute approximate surface area is 93.7 Å². The summed E-state index contributed by atoms with van der Waals surface area (Å²) in [5.41, 5.74) is 8.31. The van der Waals surface area contributed by atoms with E-state index in [1.54, 1.807) is 11.1 Å². The molecule has 1 unspecified atom stereocenters. The quantitative estimate of drug-likeness (QED) is 0.642. The smallest absolute Gasteiger partial charge is 0.0216 e. The Bertz CT molecular complexity index is 401. The summed E-state index contributed by atoms with van der Waals surface area (Å²) >= 11 is 0. The molecule has 15 heavy (non-hydrogen) atoms. The summed E-state index contributed by atoms with van der Waals surface area (Å²) in [5, 5.41) is 0. The third-order valence-electron chi connectivity index (χ3n) is 4.38. The summed E-state index contributed by atoms with van der Waals surface area (Å²) in [5.74, 6) is 0. The van der Waals surface area contributed by atoms with Gasteiger partial charge >= 0.3 is 0 Å². The molecular formula is C15H22. The molecule has 0 heterocycles. The topological polar surface area (TPSA) is 0 Å². The van der Waals surface area contributed by atoms with Gasteiger partial charge in [0.15, 0.2) is 0 Å². The number of fused-ring (bicyclic) bond motifs is 1. The molecular weight excluding hydrogens is 180 g/mol. The Morgan fingerprint density at radius 1 is 1.07 bits per heavy atom. The molecule has 1 aromatic carbocycles. The second-order valence-electron chi connectivity index (χ2n) is 5.61. The van der Waals surface area contributed by atoms with E-state index in [-0.39, 0.29) is 0 Å². The van der Waals surface area contributed by atoms with Gasteiger partial charge in [-0.1, -0.05) is 26.3 Å². The van der Waals surface area contributed by atoms with Gasteiger partial charge in [-0.25, -0.2) is 0 Å². The molecule has 0 aliphatic heterocycles. The van der Waals surface area contributed by atoms with Gasteiger partial charge in [-0.05, 0) is 66.8 Å². The summed E-state index contributed by atoms with van der Waals surface area (Å²) < 4.78 is 0. The van der Waals surface area contributed by atoms with Crippen LogP contribution in [0.15, 0.2) is 6.07 Å². The first kappa shape index (κ1) is 10.7. The molecule has 2 rings (SSSR count). The first-order chi connectivity index (χ1) is 6.97. The van der Waals surface area contributed by atoms with Crippen molar-refractivity contribution >= 4 is 0 Å². The summed E-state index contributed by atoms with van der Waals surface area (Å²) in [7, 11) is 0. The molecule has 1 aliphatic rings. The van der Waals surface area contributed by atoms with E-state index >= 15 is 0 Å². The highest BCUT2D eigenvalue weighted by atomic mass is 14.4. The van der Waals surface area contributed by atoms with Crippen molar-refractivity contribution < 1.29 is 0 Å². The molecule has 1 aromatic rings. The normalized spacial score (nSPS) is 24.3. The summed E-state index contributed by atoms with van der Waals surface area (Å²) in [6.07, 6.45) is 3.86. The highest BCUT2D eigenvalue weighted by Gasteiger charge is 2.33. The number of hydrogen-bond acceptors (Lipinski definition) is 0. The summed E-state index contributed by atoms with van der Waals surface area (Å²) in [6, 6.07) is 2.36. The molecule has 0 amide bonds. The predicted octanol–water partition coefficient (Wildman–Crippen LogP) is 4.13. The minimum atomic E-state index is 0.519. The van der Waals surface area contributed by atoms with Gasteiger partial charge in [-0.2, -0.15) is 0 Å². The van der Waals surface area contributed by atoms with Gasteiger partial charge in [0.1, 0.15) is 0 Å². The van der Waals surface area contributed by atoms with E-state index in [1.807, 2.05) is 0 Å². The third-order valence-corrected chi connectivity index (χ3v) is 4.38. The number of hydrogen-bond donors (Lipinski definition) is 0. The third kappa shape index (κ3) is 1.60. The maximum atomic E-state index is 2.43. The zero-order valence-corrected chi connectivity index (χ0v) is 10.7. The summed E-state index contributed by atoms with van der Waals surface area (Å²) in [6.45, 7) is 11.6. The minimum absolute atomic E-state index is 0.519. The number of rotatable bonds is 1. The van der Waals surface area contributed by atoms with Gasteiger partial charge in [0.25, 0.3) is 0 Å². The molecule has 0 radical (unpaired) electrons. The lowest BCUT2D eigenvalue weighted by Crippen LogP contribution is -2.14. The van der Waals surface area contributed by atoms with Crippen molar-refractivity contribution in [2.24, 2.45) is 5.41 Å². The molecule has 1 aliphatic carbocycles. The molecule has 0 spiro atoms. The lowest BCUT2D eigenvalue weighted by Gasteiger charge is -2.20. The Morgan fingerprint density at radius 2 is 1.67 bits per heavy atom. The van der Waals surface area contributed by atoms with Crippen LogP contribution in [0.25, 0.3) is 0 Å². The lowest BCUT2D eigenvalue weighted by molar-refractivity contribution is 0.332. The van der Waals surface area contributed by atoms with Crippen LogP contribution < -0.4 is 0 Å². The van der Waals surface area contributed by atoms with Crippen molar-refractivity contribution in [2.75, 3.05) is 0 Å². The Hall–Kier alpha value is -0.780. The van der Waals surface area contributed by atoms with Crippen LogP contribution in [-0.2, 0) is 12.8 Å². The molecule has 0 nitrogen and oxygen atoms in total. The van der Waals surface area contributed by atoms with Crippen LogP contribution in [0.2, 0.25) is 0 Å². The fourth-order valence-electron chi connectivity index (χ4n) is 2.87. The van der Waals surface area contributed by atoms with E-state index in [9.17, 15) is 0 Å². The first-order valence-corrected chi connectivity index (χ1v) is 6.05. The van der Waals surface area contributed by atoms with E-state index in [4.69, 9.17) is 0 Å². The predicted molar refractivity (Wildman–Crippen MR) is 66.5 cm³/mol. The van der Waals surface area contributed by atoms with E-state index in [1.165, 1.54) is 36.0 Å². The van der Waals surface area contributed by atoms with Crippen LogP contribution in [0, 0.1) is 26.2 Å². The molecule has 0 aromatic heterocycles. The molecule has 82 valence electrons. The average molecular weight is 202 g/mol. The van der Waals surface area contributed by atoms with Crippen LogP contribution in [0.3, 0.4) is 0 Å². The molecule has 1 atom stereocenters. The highest BCUT2D eigenvalue weighted by molar-refractivity contribution is 5.48. The summed E-state index contributed by atoms with van der Waals surface area (Å²) in [4.78, 5) is 0. The molecule has 0 saturated heterocycles. The Morgan fingerprint density at radius 3 is 2.27 bits per heavy atom. The zero-order valence-electron chi connectivity index (χ0n) is 10.7. The van der Waals surface area contributed by atoms with E-state index in [0.29, 0.717) is 5.41 Å². The first-order valence-electron chi connectivity index (χ1n) is 6.05. The van der Waals surface area contributed by atoms with Gasteiger partial charge in [0.05, 0.1) is 0 Å². The van der Waals surface area contributed by atoms with Crippen LogP contribution >= 0.6 is 0 Å². The molecule has 0 N–H and O–H groups in total. The molecule has 0 bridgehead atoms. The second-order valence-corrected chi connectivity index (χ2v) is 5.61. The standard InChI is InChI=1S/C15H22/c1-6-15(5)8-13-11(3)7-10(2)12(4)14(13)9-15/h7H,6,8-9H2,1-5H3. The van der Waals surface area contributed by atoms with Crippen molar-refractivity contribution in [1.82, 2.24) is 0 Å². The van der Waals surface area contributed by atoms with Gasteiger partial charge in [-0.15, -0.1) is 0 Å². The average Bonchev–Trinajstić information content (AvgIpc) is 2.55. The van der Waals surface area contributed by atoms with E-state index in [2.05, 4.69) is 40.7 Å². The van der Waals surface area contributed by atoms with E-state index in [0.717, 1.165) is 0 Å². The van der Waals surface area contributed by atoms with Gasteiger partial charge < -0.3 is 0 Å². The second kappa shape index (κ2) is 3.37. The maximum absolute atomic E-state index is 2.43. The highest BCUT2D eigenvalue weighted by Crippen LogP contribution is 2.42. The Kier molecular flexibility index (Phi) is 2.41. The largest absolute Gasteiger partial charge is 0.0648 e. The number of benzene rings is 1. The van der Waals surface area contributed by atoms with Gasteiger partial charge in [0.2, 0.25) is 0 Å². The Balaban J connectivity index is 2.54. The maximum Gasteiger partial charge on any atom is -0.0216 e. The molecule has 0 fully saturated rings. The zero-order chi connectivity index (χ0) is 11.2. The van der Waals surface area contributed by atoms with Crippen molar-refractivity contribution in [1.29, 1.82) is 0 Å². The van der Waals surface area contributed by atoms with Crippen LogP contribution in [-0.4, -0.2) is 0 Å². The molecule has 0 heteroatoms. The van der Waals surface area contributed by atoms with Crippen molar-refractivity contribution in [3.63, 3.8) is 0 Å². The van der Waals surface area contributed by atoms with Crippen LogP contribution in [0.1, 0.15) is 48.1 Å². The fourth-order valence-corrected chi connectivity index (χ4v) is 2.87. The van der Waals surface area contributed by atoms with Gasteiger partial charge in [0, 0.05) is 0 Å². The van der Waals surface area contributed by atoms with Crippen molar-refractivity contribution in [3.05, 3.63) is 33.9 Å². The number of aryl methyl sites for hydroxylation is 2. The lowest BCUT2D eigenvalue weighted by atomic mass is 9.84. The van der Waals surface area contributed by atoms with Crippen LogP contribution in [0.5, 0.6) is 0 Å². The SMILES string of the molecule is CCC1(C)Cc2c(C)cc(C)c(C)c2C1.